The fraction of sp³-hybridized carbons (Fsp3) is 0.471. The van der Waals surface area contributed by atoms with Crippen molar-refractivity contribution in [3.05, 3.63) is 36.5 Å². The number of aromatic nitrogens is 1. The van der Waals surface area contributed by atoms with Crippen molar-refractivity contribution in [2.24, 2.45) is 5.41 Å². The average Bonchev–Trinajstić information content (AvgIpc) is 2.54. The van der Waals surface area contributed by atoms with E-state index in [2.05, 4.69) is 29.7 Å². The third-order valence-electron chi connectivity index (χ3n) is 4.38. The summed E-state index contributed by atoms with van der Waals surface area (Å²) in [5.74, 6) is 1.81. The Morgan fingerprint density at radius 2 is 1.90 bits per heavy atom. The van der Waals surface area contributed by atoms with Crippen LogP contribution in [0.3, 0.4) is 0 Å². The van der Waals surface area contributed by atoms with Crippen LogP contribution in [-0.4, -0.2) is 17.3 Å². The van der Waals surface area contributed by atoms with Gasteiger partial charge in [-0.25, -0.2) is 0 Å². The molecule has 1 saturated carbocycles. The molecule has 3 heteroatoms. The Bertz CT molecular complexity index is 573. The zero-order valence-electron chi connectivity index (χ0n) is 11.7. The highest BCUT2D eigenvalue weighted by molar-refractivity contribution is 7.80. The first-order chi connectivity index (χ1) is 9.83. The molecule has 3 rings (SSSR count). The summed E-state index contributed by atoms with van der Waals surface area (Å²) in [6.07, 6.45) is 8.24. The highest BCUT2D eigenvalue weighted by atomic mass is 32.1. The van der Waals surface area contributed by atoms with Crippen molar-refractivity contribution in [1.29, 1.82) is 0 Å². The van der Waals surface area contributed by atoms with Crippen molar-refractivity contribution < 1.29 is 4.74 Å². The van der Waals surface area contributed by atoms with E-state index in [1.807, 2.05) is 24.4 Å². The van der Waals surface area contributed by atoms with Crippen LogP contribution in [0.2, 0.25) is 0 Å². The molecule has 0 bridgehead atoms. The van der Waals surface area contributed by atoms with Crippen LogP contribution in [-0.2, 0) is 0 Å². The molecule has 0 unspecified atom stereocenters. The van der Waals surface area contributed by atoms with Gasteiger partial charge in [0.2, 0.25) is 0 Å². The third kappa shape index (κ3) is 2.78. The number of hydrogen-bond donors (Lipinski definition) is 1. The van der Waals surface area contributed by atoms with Gasteiger partial charge in [0.05, 0.1) is 6.61 Å². The molecular formula is C17H21NOS. The maximum atomic E-state index is 6.14. The molecule has 1 aromatic carbocycles. The molecule has 0 radical (unpaired) electrons. The summed E-state index contributed by atoms with van der Waals surface area (Å²) in [5.41, 5.74) is 1.21. The molecule has 20 heavy (non-hydrogen) atoms. The van der Waals surface area contributed by atoms with Crippen molar-refractivity contribution in [2.75, 3.05) is 12.4 Å². The Balaban J connectivity index is 1.79. The Morgan fingerprint density at radius 3 is 2.70 bits per heavy atom. The number of fused-ring (bicyclic) bond motifs is 1. The molecule has 1 fully saturated rings. The van der Waals surface area contributed by atoms with Gasteiger partial charge < -0.3 is 4.74 Å². The first-order valence-corrected chi connectivity index (χ1v) is 8.04. The minimum Gasteiger partial charge on any atom is -0.491 e. The second-order valence-corrected chi connectivity index (χ2v) is 6.15. The second-order valence-electron chi connectivity index (χ2n) is 5.84. The van der Waals surface area contributed by atoms with E-state index in [0.29, 0.717) is 0 Å². The number of rotatable bonds is 4. The summed E-state index contributed by atoms with van der Waals surface area (Å²) in [6, 6.07) is 10.2. The number of benzene rings is 1. The van der Waals surface area contributed by atoms with E-state index in [9.17, 15) is 0 Å². The van der Waals surface area contributed by atoms with Crippen molar-refractivity contribution in [3.63, 3.8) is 0 Å². The highest BCUT2D eigenvalue weighted by Crippen LogP contribution is 2.38. The lowest BCUT2D eigenvalue weighted by Crippen LogP contribution is -2.33. The largest absolute Gasteiger partial charge is 0.491 e. The molecule has 0 spiro atoms. The van der Waals surface area contributed by atoms with E-state index in [4.69, 9.17) is 4.74 Å². The van der Waals surface area contributed by atoms with Gasteiger partial charge in [-0.3, -0.25) is 4.98 Å². The summed E-state index contributed by atoms with van der Waals surface area (Å²) in [4.78, 5) is 4.45. The summed E-state index contributed by atoms with van der Waals surface area (Å²) in [7, 11) is 0. The van der Waals surface area contributed by atoms with Crippen molar-refractivity contribution in [1.82, 2.24) is 4.98 Å². The summed E-state index contributed by atoms with van der Waals surface area (Å²) in [6.45, 7) is 0.756. The average molecular weight is 287 g/mol. The number of nitrogens with zero attached hydrogens (tertiary/aromatic N) is 1. The number of pyridine rings is 1. The number of thiol groups is 1. The Labute approximate surface area is 126 Å². The van der Waals surface area contributed by atoms with Crippen LogP contribution in [0.5, 0.6) is 5.75 Å². The van der Waals surface area contributed by atoms with Gasteiger partial charge in [-0.15, -0.1) is 0 Å². The topological polar surface area (TPSA) is 22.1 Å². The lowest BCUT2D eigenvalue weighted by atomic mass is 9.76. The van der Waals surface area contributed by atoms with E-state index in [-0.39, 0.29) is 5.41 Å². The molecule has 1 heterocycles. The maximum Gasteiger partial charge on any atom is 0.145 e. The van der Waals surface area contributed by atoms with Crippen LogP contribution < -0.4 is 4.74 Å². The van der Waals surface area contributed by atoms with Crippen molar-refractivity contribution in [3.8, 4) is 5.75 Å². The lowest BCUT2D eigenvalue weighted by Gasteiger charge is -2.35. The molecule has 2 aromatic rings. The molecule has 0 amide bonds. The minimum atomic E-state index is 0.248. The van der Waals surface area contributed by atoms with Gasteiger partial charge in [-0.1, -0.05) is 37.5 Å². The summed E-state index contributed by atoms with van der Waals surface area (Å²) >= 11 is 4.57. The molecule has 2 nitrogen and oxygen atoms in total. The fourth-order valence-electron chi connectivity index (χ4n) is 3.07. The number of para-hydroxylation sites is 1. The molecule has 1 aromatic heterocycles. The van der Waals surface area contributed by atoms with Gasteiger partial charge in [0, 0.05) is 17.0 Å². The standard InChI is InChI=1S/C17H21NOS/c20-13-17(9-2-1-3-10-17)12-19-15-8-4-6-14-7-5-11-18-16(14)15/h4-8,11,20H,1-3,9-10,12-13H2. The third-order valence-corrected chi connectivity index (χ3v) is 5.05. The molecule has 0 atom stereocenters. The van der Waals surface area contributed by atoms with E-state index in [1.165, 1.54) is 32.1 Å². The van der Waals surface area contributed by atoms with Gasteiger partial charge in [0.25, 0.3) is 0 Å². The van der Waals surface area contributed by atoms with Gasteiger partial charge in [0.15, 0.2) is 0 Å². The molecule has 0 saturated heterocycles. The van der Waals surface area contributed by atoms with E-state index in [1.54, 1.807) is 0 Å². The summed E-state index contributed by atoms with van der Waals surface area (Å²) in [5, 5.41) is 1.13. The Hall–Kier alpha value is -1.22. The van der Waals surface area contributed by atoms with Crippen LogP contribution in [0.4, 0.5) is 0 Å². The number of hydrogen-bond acceptors (Lipinski definition) is 3. The SMILES string of the molecule is SCC1(COc2cccc3cccnc23)CCCCC1. The van der Waals surface area contributed by atoms with Crippen molar-refractivity contribution in [2.45, 2.75) is 32.1 Å². The van der Waals surface area contributed by atoms with Gasteiger partial charge in [0.1, 0.15) is 11.3 Å². The van der Waals surface area contributed by atoms with Gasteiger partial charge >= 0.3 is 0 Å². The minimum absolute atomic E-state index is 0.248. The van der Waals surface area contributed by atoms with Crippen LogP contribution in [0.15, 0.2) is 36.5 Å². The van der Waals surface area contributed by atoms with Crippen LogP contribution in [0, 0.1) is 5.41 Å². The second kappa shape index (κ2) is 6.04. The molecule has 1 aliphatic rings. The molecule has 0 aliphatic heterocycles. The fourth-order valence-corrected chi connectivity index (χ4v) is 3.48. The molecular weight excluding hydrogens is 266 g/mol. The summed E-state index contributed by atoms with van der Waals surface area (Å²) < 4.78 is 6.14. The zero-order chi connectivity index (χ0) is 13.8. The number of ether oxygens (including phenoxy) is 1. The quantitative estimate of drug-likeness (QED) is 0.837. The van der Waals surface area contributed by atoms with Crippen LogP contribution in [0.25, 0.3) is 10.9 Å². The maximum absolute atomic E-state index is 6.14. The Morgan fingerprint density at radius 1 is 1.10 bits per heavy atom. The van der Waals surface area contributed by atoms with E-state index < -0.39 is 0 Å². The molecule has 1 aliphatic carbocycles. The van der Waals surface area contributed by atoms with Crippen LogP contribution >= 0.6 is 12.6 Å². The van der Waals surface area contributed by atoms with E-state index in [0.717, 1.165) is 29.0 Å². The molecule has 106 valence electrons. The predicted octanol–water partition coefficient (Wildman–Crippen LogP) is 4.49. The van der Waals surface area contributed by atoms with Crippen molar-refractivity contribution >= 4 is 23.5 Å². The first kappa shape index (κ1) is 13.7. The first-order valence-electron chi connectivity index (χ1n) is 7.40. The van der Waals surface area contributed by atoms with Crippen LogP contribution in [0.1, 0.15) is 32.1 Å². The normalized spacial score (nSPS) is 18.1. The van der Waals surface area contributed by atoms with Gasteiger partial charge in [-0.2, -0.15) is 12.6 Å². The molecule has 0 N–H and O–H groups in total. The monoisotopic (exact) mass is 287 g/mol. The lowest BCUT2D eigenvalue weighted by molar-refractivity contribution is 0.122. The Kier molecular flexibility index (Phi) is 4.16. The highest BCUT2D eigenvalue weighted by Gasteiger charge is 2.31. The van der Waals surface area contributed by atoms with Gasteiger partial charge in [-0.05, 0) is 30.7 Å². The predicted molar refractivity (Wildman–Crippen MR) is 86.6 cm³/mol. The van der Waals surface area contributed by atoms with E-state index >= 15 is 0 Å². The smallest absolute Gasteiger partial charge is 0.145 e. The zero-order valence-corrected chi connectivity index (χ0v) is 12.6.